The first-order valence-corrected chi connectivity index (χ1v) is 7.54. The van der Waals surface area contributed by atoms with Crippen molar-refractivity contribution in [1.82, 2.24) is 0 Å². The fraction of sp³-hybridized carbons (Fsp3) is 0.588. The molecule has 0 spiro atoms. The first kappa shape index (κ1) is 15.7. The number of ether oxygens (including phenoxy) is 1. The lowest BCUT2D eigenvalue weighted by atomic mass is 10.1. The maximum Gasteiger partial charge on any atom is 0.338 e. The zero-order chi connectivity index (χ0) is 13.9. The summed E-state index contributed by atoms with van der Waals surface area (Å²) in [6.07, 6.45) is 8.00. The average molecular weight is 262 g/mol. The molecule has 0 fully saturated rings. The van der Waals surface area contributed by atoms with Gasteiger partial charge in [0.05, 0.1) is 12.2 Å². The molecule has 19 heavy (non-hydrogen) atoms. The molecule has 0 radical (unpaired) electrons. The average Bonchev–Trinajstić information content (AvgIpc) is 2.45. The number of esters is 1. The van der Waals surface area contributed by atoms with E-state index in [9.17, 15) is 4.79 Å². The van der Waals surface area contributed by atoms with Gasteiger partial charge in [0.15, 0.2) is 0 Å². The smallest absolute Gasteiger partial charge is 0.338 e. The molecule has 0 aliphatic carbocycles. The molecule has 0 heterocycles. The van der Waals surface area contributed by atoms with Gasteiger partial charge in [-0.25, -0.2) is 4.79 Å². The lowest BCUT2D eigenvalue weighted by molar-refractivity contribution is 0.0498. The molecule has 1 aromatic carbocycles. The largest absolute Gasteiger partial charge is 0.462 e. The van der Waals surface area contributed by atoms with Crippen molar-refractivity contribution in [3.63, 3.8) is 0 Å². The van der Waals surface area contributed by atoms with Crippen molar-refractivity contribution < 1.29 is 9.53 Å². The summed E-state index contributed by atoms with van der Waals surface area (Å²) in [4.78, 5) is 11.8. The van der Waals surface area contributed by atoms with E-state index in [0.29, 0.717) is 12.2 Å². The molecular formula is C17H26O2. The van der Waals surface area contributed by atoms with Crippen LogP contribution in [0.3, 0.4) is 0 Å². The normalized spacial score (nSPS) is 10.4. The van der Waals surface area contributed by atoms with Gasteiger partial charge in [-0.2, -0.15) is 0 Å². The van der Waals surface area contributed by atoms with Crippen molar-refractivity contribution in [2.24, 2.45) is 0 Å². The SMILES string of the molecule is CCCCCCOC(=O)c1ccc(CCCC)cc1. The van der Waals surface area contributed by atoms with E-state index in [1.54, 1.807) is 0 Å². The van der Waals surface area contributed by atoms with E-state index in [0.717, 1.165) is 19.3 Å². The van der Waals surface area contributed by atoms with Crippen LogP contribution in [0.25, 0.3) is 0 Å². The Morgan fingerprint density at radius 1 is 0.947 bits per heavy atom. The molecule has 0 aromatic heterocycles. The summed E-state index contributed by atoms with van der Waals surface area (Å²) in [5.41, 5.74) is 1.96. The summed E-state index contributed by atoms with van der Waals surface area (Å²) in [5.74, 6) is -0.196. The Labute approximate surface area is 117 Å². The highest BCUT2D eigenvalue weighted by molar-refractivity contribution is 5.89. The number of benzene rings is 1. The molecule has 106 valence electrons. The highest BCUT2D eigenvalue weighted by Crippen LogP contribution is 2.09. The van der Waals surface area contributed by atoms with Gasteiger partial charge in [0.1, 0.15) is 0 Å². The molecule has 0 bridgehead atoms. The van der Waals surface area contributed by atoms with Crippen molar-refractivity contribution in [2.75, 3.05) is 6.61 Å². The zero-order valence-electron chi connectivity index (χ0n) is 12.3. The van der Waals surface area contributed by atoms with Gasteiger partial charge < -0.3 is 4.74 Å². The summed E-state index contributed by atoms with van der Waals surface area (Å²) in [6, 6.07) is 7.81. The zero-order valence-corrected chi connectivity index (χ0v) is 12.3. The second-order valence-corrected chi connectivity index (χ2v) is 5.00. The summed E-state index contributed by atoms with van der Waals surface area (Å²) < 4.78 is 5.26. The first-order chi connectivity index (χ1) is 9.27. The molecule has 0 aliphatic rings. The van der Waals surface area contributed by atoms with Crippen molar-refractivity contribution in [1.29, 1.82) is 0 Å². The van der Waals surface area contributed by atoms with Crippen molar-refractivity contribution >= 4 is 5.97 Å². The minimum Gasteiger partial charge on any atom is -0.462 e. The summed E-state index contributed by atoms with van der Waals surface area (Å²) in [7, 11) is 0. The number of carbonyl (C=O) groups is 1. The Kier molecular flexibility index (Phi) is 7.95. The lowest BCUT2D eigenvalue weighted by Crippen LogP contribution is -2.06. The minimum absolute atomic E-state index is 0.196. The molecule has 0 unspecified atom stereocenters. The summed E-state index contributed by atoms with van der Waals surface area (Å²) in [6.45, 7) is 4.90. The van der Waals surface area contributed by atoms with Gasteiger partial charge in [-0.1, -0.05) is 51.7 Å². The van der Waals surface area contributed by atoms with Gasteiger partial charge in [0.2, 0.25) is 0 Å². The fourth-order valence-electron chi connectivity index (χ4n) is 1.97. The lowest BCUT2D eigenvalue weighted by Gasteiger charge is -2.05. The van der Waals surface area contributed by atoms with E-state index in [2.05, 4.69) is 13.8 Å². The molecule has 0 N–H and O–H groups in total. The molecule has 2 nitrogen and oxygen atoms in total. The third-order valence-electron chi connectivity index (χ3n) is 3.24. The number of hydrogen-bond acceptors (Lipinski definition) is 2. The molecular weight excluding hydrogens is 236 g/mol. The number of rotatable bonds is 9. The second kappa shape index (κ2) is 9.60. The van der Waals surface area contributed by atoms with Crippen molar-refractivity contribution in [2.45, 2.75) is 58.8 Å². The number of hydrogen-bond donors (Lipinski definition) is 0. The number of carbonyl (C=O) groups excluding carboxylic acids is 1. The van der Waals surface area contributed by atoms with E-state index >= 15 is 0 Å². The highest BCUT2D eigenvalue weighted by atomic mass is 16.5. The Morgan fingerprint density at radius 3 is 2.26 bits per heavy atom. The minimum atomic E-state index is -0.196. The van der Waals surface area contributed by atoms with Crippen LogP contribution >= 0.6 is 0 Å². The molecule has 0 amide bonds. The quantitative estimate of drug-likeness (QED) is 0.473. The van der Waals surface area contributed by atoms with Gasteiger partial charge >= 0.3 is 5.97 Å². The maximum atomic E-state index is 11.8. The van der Waals surface area contributed by atoms with Crippen molar-refractivity contribution in [3.8, 4) is 0 Å². The summed E-state index contributed by atoms with van der Waals surface area (Å²) in [5, 5.41) is 0. The molecule has 0 aliphatic heterocycles. The number of unbranched alkanes of at least 4 members (excludes halogenated alkanes) is 4. The summed E-state index contributed by atoms with van der Waals surface area (Å²) >= 11 is 0. The molecule has 0 saturated heterocycles. The Bertz CT molecular complexity index is 354. The number of aryl methyl sites for hydroxylation is 1. The maximum absolute atomic E-state index is 11.8. The van der Waals surface area contributed by atoms with Gasteiger partial charge in [0.25, 0.3) is 0 Å². The molecule has 1 aromatic rings. The van der Waals surface area contributed by atoms with Gasteiger partial charge in [-0.05, 0) is 37.0 Å². The van der Waals surface area contributed by atoms with Crippen LogP contribution < -0.4 is 0 Å². The molecule has 0 atom stereocenters. The van der Waals surface area contributed by atoms with Crippen LogP contribution in [0, 0.1) is 0 Å². The van der Waals surface area contributed by atoms with Gasteiger partial charge in [0, 0.05) is 0 Å². The fourth-order valence-corrected chi connectivity index (χ4v) is 1.97. The standard InChI is InChI=1S/C17H26O2/c1-3-5-7-8-14-19-17(18)16-12-10-15(11-13-16)9-6-4-2/h10-13H,3-9,14H2,1-2H3. The monoisotopic (exact) mass is 262 g/mol. The first-order valence-electron chi connectivity index (χ1n) is 7.54. The van der Waals surface area contributed by atoms with Crippen molar-refractivity contribution in [3.05, 3.63) is 35.4 Å². The Balaban J connectivity index is 2.32. The van der Waals surface area contributed by atoms with E-state index in [4.69, 9.17) is 4.74 Å². The third-order valence-corrected chi connectivity index (χ3v) is 3.24. The highest BCUT2D eigenvalue weighted by Gasteiger charge is 2.06. The Morgan fingerprint density at radius 2 is 1.63 bits per heavy atom. The molecule has 2 heteroatoms. The van der Waals surface area contributed by atoms with Crippen LogP contribution in [0.1, 0.15) is 68.3 Å². The second-order valence-electron chi connectivity index (χ2n) is 5.00. The van der Waals surface area contributed by atoms with E-state index in [1.807, 2.05) is 24.3 Å². The van der Waals surface area contributed by atoms with Crippen LogP contribution in [-0.4, -0.2) is 12.6 Å². The predicted octanol–water partition coefficient (Wildman–Crippen LogP) is 4.77. The van der Waals surface area contributed by atoms with Crippen LogP contribution in [0.15, 0.2) is 24.3 Å². The Hall–Kier alpha value is -1.31. The van der Waals surface area contributed by atoms with E-state index in [1.165, 1.54) is 31.2 Å². The molecule has 0 saturated carbocycles. The topological polar surface area (TPSA) is 26.3 Å². The van der Waals surface area contributed by atoms with Gasteiger partial charge in [-0.3, -0.25) is 0 Å². The van der Waals surface area contributed by atoms with Crippen LogP contribution in [0.5, 0.6) is 0 Å². The van der Waals surface area contributed by atoms with Crippen LogP contribution in [-0.2, 0) is 11.2 Å². The van der Waals surface area contributed by atoms with Crippen LogP contribution in [0.4, 0.5) is 0 Å². The van der Waals surface area contributed by atoms with E-state index < -0.39 is 0 Å². The van der Waals surface area contributed by atoms with Crippen LogP contribution in [0.2, 0.25) is 0 Å². The molecule has 1 rings (SSSR count). The third kappa shape index (κ3) is 6.42. The van der Waals surface area contributed by atoms with E-state index in [-0.39, 0.29) is 5.97 Å². The van der Waals surface area contributed by atoms with Gasteiger partial charge in [-0.15, -0.1) is 0 Å². The predicted molar refractivity (Wildman–Crippen MR) is 79.5 cm³/mol.